The van der Waals surface area contributed by atoms with Crippen molar-refractivity contribution < 1.29 is 4.79 Å². The molecule has 0 spiro atoms. The Labute approximate surface area is 167 Å². The Balaban J connectivity index is 1.35. The van der Waals surface area contributed by atoms with E-state index >= 15 is 0 Å². The highest BCUT2D eigenvalue weighted by atomic mass is 35.5. The minimum absolute atomic E-state index is 0.0386. The number of nitrogens with one attached hydrogen (secondary N) is 1. The van der Waals surface area contributed by atoms with Crippen molar-refractivity contribution in [1.82, 2.24) is 14.9 Å². The van der Waals surface area contributed by atoms with Gasteiger partial charge in [0.25, 0.3) is 0 Å². The summed E-state index contributed by atoms with van der Waals surface area (Å²) in [7, 11) is 0. The van der Waals surface area contributed by atoms with E-state index in [9.17, 15) is 4.79 Å². The molecule has 1 atom stereocenters. The molecule has 1 N–H and O–H groups in total. The highest BCUT2D eigenvalue weighted by Gasteiger charge is 2.28. The fourth-order valence-corrected chi connectivity index (χ4v) is 4.69. The molecule has 5 nitrogen and oxygen atoms in total. The van der Waals surface area contributed by atoms with Crippen LogP contribution in [0.2, 0.25) is 5.02 Å². The number of carbonyl (C=O) groups is 1. The van der Waals surface area contributed by atoms with Crippen molar-refractivity contribution in [3.05, 3.63) is 52.6 Å². The Hall–Kier alpha value is -2.02. The van der Waals surface area contributed by atoms with Gasteiger partial charge in [-0.3, -0.25) is 9.69 Å². The molecular formula is C20H21ClN4OS. The van der Waals surface area contributed by atoms with E-state index < -0.39 is 0 Å². The van der Waals surface area contributed by atoms with Crippen LogP contribution in [0, 0.1) is 0 Å². The van der Waals surface area contributed by atoms with E-state index in [1.54, 1.807) is 23.5 Å². The van der Waals surface area contributed by atoms with E-state index in [2.05, 4.69) is 33.4 Å². The van der Waals surface area contributed by atoms with Crippen molar-refractivity contribution >= 4 is 44.9 Å². The Bertz CT molecular complexity index is 902. The van der Waals surface area contributed by atoms with Gasteiger partial charge in [-0.25, -0.2) is 9.97 Å². The number of piperidine rings is 1. The van der Waals surface area contributed by atoms with Gasteiger partial charge >= 0.3 is 0 Å². The van der Waals surface area contributed by atoms with Gasteiger partial charge in [-0.1, -0.05) is 23.7 Å². The van der Waals surface area contributed by atoms with Crippen LogP contribution >= 0.6 is 22.9 Å². The van der Waals surface area contributed by atoms with Crippen LogP contribution in [0.1, 0.15) is 30.7 Å². The number of aromatic nitrogens is 2. The van der Waals surface area contributed by atoms with Crippen LogP contribution in [0.5, 0.6) is 0 Å². The normalized spacial score (nSPS) is 17.1. The zero-order chi connectivity index (χ0) is 18.8. The summed E-state index contributed by atoms with van der Waals surface area (Å²) in [5.74, 6) is 0.968. The van der Waals surface area contributed by atoms with Crippen molar-refractivity contribution in [1.29, 1.82) is 0 Å². The molecule has 3 aromatic rings. The average Bonchev–Trinajstić information content (AvgIpc) is 3.13. The summed E-state index contributed by atoms with van der Waals surface area (Å²) in [4.78, 5) is 23.7. The van der Waals surface area contributed by atoms with E-state index in [0.29, 0.717) is 16.8 Å². The molecule has 1 amide bonds. The number of carbonyl (C=O) groups excluding carboxylic acids is 1. The number of amides is 1. The molecule has 3 heterocycles. The third kappa shape index (κ3) is 4.13. The molecule has 0 bridgehead atoms. The van der Waals surface area contributed by atoms with E-state index in [0.717, 1.165) is 31.4 Å². The van der Waals surface area contributed by atoms with Crippen LogP contribution in [0.3, 0.4) is 0 Å². The Morgan fingerprint density at radius 1 is 1.26 bits per heavy atom. The molecule has 1 saturated heterocycles. The molecule has 1 aromatic carbocycles. The molecule has 1 unspecified atom stereocenters. The quantitative estimate of drug-likeness (QED) is 0.697. The molecule has 1 aliphatic rings. The monoisotopic (exact) mass is 400 g/mol. The van der Waals surface area contributed by atoms with Crippen molar-refractivity contribution in [3.8, 4) is 0 Å². The summed E-state index contributed by atoms with van der Waals surface area (Å²) in [6.07, 6.45) is 3.58. The zero-order valence-corrected chi connectivity index (χ0v) is 16.6. The second kappa shape index (κ2) is 7.92. The number of anilines is 1. The van der Waals surface area contributed by atoms with E-state index in [1.807, 2.05) is 13.0 Å². The van der Waals surface area contributed by atoms with Gasteiger partial charge in [-0.15, -0.1) is 11.3 Å². The predicted octanol–water partition coefficient (Wildman–Crippen LogP) is 4.55. The number of para-hydroxylation sites is 1. The topological polar surface area (TPSA) is 58.1 Å². The number of hydrogen-bond donors (Lipinski definition) is 1. The van der Waals surface area contributed by atoms with E-state index in [4.69, 9.17) is 16.6 Å². The summed E-state index contributed by atoms with van der Waals surface area (Å²) >= 11 is 7.63. The maximum atomic E-state index is 12.5. The van der Waals surface area contributed by atoms with E-state index in [-0.39, 0.29) is 11.9 Å². The van der Waals surface area contributed by atoms with Gasteiger partial charge in [0.05, 0.1) is 26.3 Å². The van der Waals surface area contributed by atoms with Crippen LogP contribution < -0.4 is 5.32 Å². The molecule has 2 aromatic heterocycles. The smallest absolute Gasteiger partial charge is 0.242 e. The van der Waals surface area contributed by atoms with Crippen LogP contribution in [-0.2, 0) is 4.79 Å². The molecule has 4 rings (SSSR count). The maximum Gasteiger partial charge on any atom is 0.242 e. The minimum Gasteiger partial charge on any atom is -0.309 e. The van der Waals surface area contributed by atoms with Crippen molar-refractivity contribution in [2.24, 2.45) is 0 Å². The molecule has 0 radical (unpaired) electrons. The first kappa shape index (κ1) is 18.3. The van der Waals surface area contributed by atoms with Crippen LogP contribution in [-0.4, -0.2) is 39.9 Å². The molecule has 0 saturated carbocycles. The van der Waals surface area contributed by atoms with Crippen molar-refractivity contribution in [2.75, 3.05) is 18.4 Å². The van der Waals surface area contributed by atoms with Gasteiger partial charge in [0.1, 0.15) is 5.82 Å². The first-order valence-electron chi connectivity index (χ1n) is 9.12. The largest absolute Gasteiger partial charge is 0.309 e. The summed E-state index contributed by atoms with van der Waals surface area (Å²) in [6, 6.07) is 11.5. The number of benzene rings is 1. The van der Waals surface area contributed by atoms with Gasteiger partial charge in [0.2, 0.25) is 5.91 Å². The molecule has 1 aliphatic heterocycles. The summed E-state index contributed by atoms with van der Waals surface area (Å²) < 4.78 is 1.25. The number of hydrogen-bond acceptors (Lipinski definition) is 5. The lowest BCUT2D eigenvalue weighted by Gasteiger charge is -2.34. The third-order valence-corrected chi connectivity index (χ3v) is 6.52. The first-order chi connectivity index (χ1) is 13.1. The Morgan fingerprint density at radius 2 is 2.04 bits per heavy atom. The van der Waals surface area contributed by atoms with Gasteiger partial charge in [-0.05, 0) is 57.1 Å². The predicted molar refractivity (Wildman–Crippen MR) is 111 cm³/mol. The fraction of sp³-hybridized carbons (Fsp3) is 0.350. The summed E-state index contributed by atoms with van der Waals surface area (Å²) in [5.41, 5.74) is 1.09. The van der Waals surface area contributed by atoms with E-state index in [1.165, 1.54) is 15.9 Å². The number of rotatable bonds is 4. The van der Waals surface area contributed by atoms with Crippen molar-refractivity contribution in [3.63, 3.8) is 0 Å². The van der Waals surface area contributed by atoms with Gasteiger partial charge in [0, 0.05) is 12.1 Å². The highest BCUT2D eigenvalue weighted by molar-refractivity contribution is 7.18. The number of fused-ring (bicyclic) bond motifs is 1. The number of nitrogens with zero attached hydrogens (tertiary/aromatic N) is 3. The molecule has 7 heteroatoms. The number of thiazole rings is 1. The zero-order valence-electron chi connectivity index (χ0n) is 15.1. The Morgan fingerprint density at radius 3 is 2.74 bits per heavy atom. The molecular weight excluding hydrogens is 380 g/mol. The third-order valence-electron chi connectivity index (χ3n) is 5.10. The summed E-state index contributed by atoms with van der Waals surface area (Å²) in [5, 5.41) is 4.64. The van der Waals surface area contributed by atoms with Crippen LogP contribution in [0.15, 0.2) is 42.6 Å². The minimum atomic E-state index is -0.196. The van der Waals surface area contributed by atoms with Gasteiger partial charge in [-0.2, -0.15) is 0 Å². The maximum absolute atomic E-state index is 12.5. The van der Waals surface area contributed by atoms with Crippen LogP contribution in [0.25, 0.3) is 10.2 Å². The standard InChI is InChI=1S/C20H21ClN4OS/c1-13(19(26)24-18-7-6-15(21)12-22-18)25-10-8-14(9-11-25)20-23-16-4-2-3-5-17(16)27-20/h2-7,12-14H,8-11H2,1H3,(H,22,24,26). The van der Waals surface area contributed by atoms with Crippen LogP contribution in [0.4, 0.5) is 5.82 Å². The number of halogens is 1. The molecule has 0 aliphatic carbocycles. The molecule has 140 valence electrons. The lowest BCUT2D eigenvalue weighted by Crippen LogP contribution is -2.45. The van der Waals surface area contributed by atoms with Gasteiger partial charge < -0.3 is 5.32 Å². The second-order valence-corrected chi connectivity index (χ2v) is 8.36. The highest BCUT2D eigenvalue weighted by Crippen LogP contribution is 2.34. The molecule has 1 fully saturated rings. The number of likely N-dealkylation sites (tertiary alicyclic amines) is 1. The number of pyridine rings is 1. The fourth-order valence-electron chi connectivity index (χ4n) is 3.44. The average molecular weight is 401 g/mol. The Kier molecular flexibility index (Phi) is 5.38. The first-order valence-corrected chi connectivity index (χ1v) is 10.3. The lowest BCUT2D eigenvalue weighted by atomic mass is 9.96. The van der Waals surface area contributed by atoms with Gasteiger partial charge in [0.15, 0.2) is 0 Å². The summed E-state index contributed by atoms with van der Waals surface area (Å²) in [6.45, 7) is 3.73. The molecule has 27 heavy (non-hydrogen) atoms. The lowest BCUT2D eigenvalue weighted by molar-refractivity contribution is -0.121. The SMILES string of the molecule is CC(C(=O)Nc1ccc(Cl)cn1)N1CCC(c2nc3ccccc3s2)CC1. The van der Waals surface area contributed by atoms with Crippen molar-refractivity contribution in [2.45, 2.75) is 31.7 Å². The second-order valence-electron chi connectivity index (χ2n) is 6.86.